The quantitative estimate of drug-likeness (QED) is 0.709. The van der Waals surface area contributed by atoms with Crippen molar-refractivity contribution >= 4 is 0 Å². The van der Waals surface area contributed by atoms with E-state index in [-0.39, 0.29) is 0 Å². The van der Waals surface area contributed by atoms with Crippen LogP contribution in [0.1, 0.15) is 45.7 Å². The fraction of sp³-hybridized carbons (Fsp3) is 0.647. The highest BCUT2D eigenvalue weighted by Gasteiger charge is 2.10. The first-order valence-electron chi connectivity index (χ1n) is 7.90. The molecule has 1 rings (SSSR count). The Kier molecular flexibility index (Phi) is 8.31. The van der Waals surface area contributed by atoms with Crippen LogP contribution in [-0.4, -0.2) is 37.7 Å². The zero-order valence-corrected chi connectivity index (χ0v) is 13.5. The van der Waals surface area contributed by atoms with Crippen LogP contribution in [-0.2, 0) is 0 Å². The number of para-hydroxylation sites is 1. The van der Waals surface area contributed by atoms with Crippen LogP contribution in [0.25, 0.3) is 0 Å². The number of ether oxygens (including phenoxy) is 1. The van der Waals surface area contributed by atoms with Crippen molar-refractivity contribution in [3.8, 4) is 5.75 Å². The third kappa shape index (κ3) is 5.51. The first-order valence-corrected chi connectivity index (χ1v) is 7.90. The summed E-state index contributed by atoms with van der Waals surface area (Å²) in [5.41, 5.74) is 1.24. The molecular weight excluding hydrogens is 248 g/mol. The van der Waals surface area contributed by atoms with E-state index in [4.69, 9.17) is 4.74 Å². The molecule has 1 N–H and O–H groups in total. The fourth-order valence-electron chi connectivity index (χ4n) is 2.42. The zero-order valence-electron chi connectivity index (χ0n) is 13.5. The summed E-state index contributed by atoms with van der Waals surface area (Å²) in [5, 5.41) is 3.60. The van der Waals surface area contributed by atoms with Crippen LogP contribution in [0, 0.1) is 0 Å². The number of likely N-dealkylation sites (N-methyl/N-ethyl adjacent to an activating group) is 1. The van der Waals surface area contributed by atoms with Gasteiger partial charge in [0.1, 0.15) is 5.75 Å². The van der Waals surface area contributed by atoms with Crippen LogP contribution in [0.2, 0.25) is 0 Å². The van der Waals surface area contributed by atoms with Gasteiger partial charge in [0.2, 0.25) is 0 Å². The van der Waals surface area contributed by atoms with Crippen LogP contribution < -0.4 is 10.1 Å². The summed E-state index contributed by atoms with van der Waals surface area (Å²) in [6, 6.07) is 8.61. The summed E-state index contributed by atoms with van der Waals surface area (Å²) < 4.78 is 5.69. The maximum atomic E-state index is 5.69. The number of hydrogen-bond acceptors (Lipinski definition) is 3. The predicted molar refractivity (Wildman–Crippen MR) is 86.4 cm³/mol. The van der Waals surface area contributed by atoms with Gasteiger partial charge in [-0.2, -0.15) is 0 Å². The molecule has 0 aliphatic heterocycles. The normalized spacial score (nSPS) is 12.7. The molecule has 114 valence electrons. The molecule has 0 aliphatic rings. The van der Waals surface area contributed by atoms with Gasteiger partial charge >= 0.3 is 0 Å². The third-order valence-corrected chi connectivity index (χ3v) is 3.55. The second-order valence-electron chi connectivity index (χ2n) is 5.08. The van der Waals surface area contributed by atoms with E-state index in [9.17, 15) is 0 Å². The highest BCUT2D eigenvalue weighted by molar-refractivity contribution is 5.35. The minimum Gasteiger partial charge on any atom is -0.494 e. The lowest BCUT2D eigenvalue weighted by atomic mass is 10.1. The Balaban J connectivity index is 2.48. The van der Waals surface area contributed by atoms with Crippen molar-refractivity contribution in [2.45, 2.75) is 40.2 Å². The minimum absolute atomic E-state index is 0.318. The number of nitrogens with one attached hydrogen (secondary N) is 1. The summed E-state index contributed by atoms with van der Waals surface area (Å²) in [6.07, 6.45) is 1.22. The van der Waals surface area contributed by atoms with Crippen LogP contribution >= 0.6 is 0 Å². The topological polar surface area (TPSA) is 24.5 Å². The number of hydrogen-bond donors (Lipinski definition) is 1. The van der Waals surface area contributed by atoms with Gasteiger partial charge in [-0.3, -0.25) is 0 Å². The van der Waals surface area contributed by atoms with Gasteiger partial charge in [0.15, 0.2) is 0 Å². The monoisotopic (exact) mass is 278 g/mol. The van der Waals surface area contributed by atoms with Crippen molar-refractivity contribution in [2.24, 2.45) is 0 Å². The van der Waals surface area contributed by atoms with Crippen molar-refractivity contribution < 1.29 is 4.74 Å². The van der Waals surface area contributed by atoms with Gasteiger partial charge in [0.05, 0.1) is 6.61 Å². The maximum absolute atomic E-state index is 5.69. The Morgan fingerprint density at radius 2 is 1.90 bits per heavy atom. The molecule has 0 aliphatic carbocycles. The molecule has 0 aromatic heterocycles. The van der Waals surface area contributed by atoms with Gasteiger partial charge in [0.25, 0.3) is 0 Å². The van der Waals surface area contributed by atoms with Crippen molar-refractivity contribution in [2.75, 3.05) is 32.8 Å². The van der Waals surface area contributed by atoms with Gasteiger partial charge in [0, 0.05) is 24.7 Å². The van der Waals surface area contributed by atoms with Crippen LogP contribution in [0.3, 0.4) is 0 Å². The summed E-state index contributed by atoms with van der Waals surface area (Å²) in [5.74, 6) is 0.996. The zero-order chi connectivity index (χ0) is 14.8. The fourth-order valence-corrected chi connectivity index (χ4v) is 2.42. The molecule has 1 aromatic carbocycles. The van der Waals surface area contributed by atoms with E-state index in [0.29, 0.717) is 12.6 Å². The highest BCUT2D eigenvalue weighted by Crippen LogP contribution is 2.24. The van der Waals surface area contributed by atoms with Gasteiger partial charge in [-0.15, -0.1) is 0 Å². The smallest absolute Gasteiger partial charge is 0.124 e. The highest BCUT2D eigenvalue weighted by atomic mass is 16.5. The summed E-state index contributed by atoms with van der Waals surface area (Å²) in [6.45, 7) is 13.8. The molecule has 1 unspecified atom stereocenters. The van der Waals surface area contributed by atoms with E-state index in [1.165, 1.54) is 18.5 Å². The van der Waals surface area contributed by atoms with Gasteiger partial charge in [-0.25, -0.2) is 0 Å². The van der Waals surface area contributed by atoms with Crippen molar-refractivity contribution in [3.05, 3.63) is 29.8 Å². The standard InChI is InChI=1S/C17H30N2O/c1-5-13-19(6-2)14-12-18-15(4)16-10-8-9-11-17(16)20-7-3/h8-11,15,18H,5-7,12-14H2,1-4H3. The second kappa shape index (κ2) is 9.78. The molecule has 3 nitrogen and oxygen atoms in total. The molecule has 0 saturated carbocycles. The number of nitrogens with zero attached hydrogens (tertiary/aromatic N) is 1. The van der Waals surface area contributed by atoms with Crippen molar-refractivity contribution in [3.63, 3.8) is 0 Å². The molecule has 0 heterocycles. The lowest BCUT2D eigenvalue weighted by molar-refractivity contribution is 0.282. The molecular formula is C17H30N2O. The van der Waals surface area contributed by atoms with Crippen LogP contribution in [0.15, 0.2) is 24.3 Å². The Morgan fingerprint density at radius 1 is 1.15 bits per heavy atom. The van der Waals surface area contributed by atoms with Crippen LogP contribution in [0.4, 0.5) is 0 Å². The average Bonchev–Trinajstić information content (AvgIpc) is 2.47. The number of benzene rings is 1. The van der Waals surface area contributed by atoms with Crippen molar-refractivity contribution in [1.82, 2.24) is 10.2 Å². The maximum Gasteiger partial charge on any atom is 0.124 e. The molecule has 0 spiro atoms. The molecule has 1 atom stereocenters. The number of rotatable bonds is 10. The lowest BCUT2D eigenvalue weighted by Gasteiger charge is -2.22. The Bertz CT molecular complexity index is 368. The Labute approximate surface area is 124 Å². The Hall–Kier alpha value is -1.06. The van der Waals surface area contributed by atoms with E-state index in [1.807, 2.05) is 19.1 Å². The third-order valence-electron chi connectivity index (χ3n) is 3.55. The molecule has 0 fully saturated rings. The lowest BCUT2D eigenvalue weighted by Crippen LogP contribution is -2.33. The van der Waals surface area contributed by atoms with E-state index < -0.39 is 0 Å². The molecule has 0 amide bonds. The predicted octanol–water partition coefficient (Wildman–Crippen LogP) is 3.47. The van der Waals surface area contributed by atoms with Crippen LogP contribution in [0.5, 0.6) is 5.75 Å². The van der Waals surface area contributed by atoms with E-state index >= 15 is 0 Å². The van der Waals surface area contributed by atoms with Gasteiger partial charge < -0.3 is 15.0 Å². The largest absolute Gasteiger partial charge is 0.494 e. The summed E-state index contributed by atoms with van der Waals surface area (Å²) in [4.78, 5) is 2.48. The summed E-state index contributed by atoms with van der Waals surface area (Å²) in [7, 11) is 0. The van der Waals surface area contributed by atoms with E-state index in [1.54, 1.807) is 0 Å². The molecule has 0 radical (unpaired) electrons. The van der Waals surface area contributed by atoms with Gasteiger partial charge in [-0.05, 0) is 39.4 Å². The van der Waals surface area contributed by atoms with Crippen molar-refractivity contribution in [1.29, 1.82) is 0 Å². The molecule has 0 bridgehead atoms. The van der Waals surface area contributed by atoms with Gasteiger partial charge in [-0.1, -0.05) is 32.0 Å². The molecule has 0 saturated heterocycles. The molecule has 3 heteroatoms. The van der Waals surface area contributed by atoms with E-state index in [0.717, 1.165) is 25.4 Å². The molecule has 1 aromatic rings. The second-order valence-corrected chi connectivity index (χ2v) is 5.08. The van der Waals surface area contributed by atoms with E-state index in [2.05, 4.69) is 43.1 Å². The summed E-state index contributed by atoms with van der Waals surface area (Å²) >= 11 is 0. The average molecular weight is 278 g/mol. The molecule has 20 heavy (non-hydrogen) atoms. The first kappa shape index (κ1) is 17.0. The first-order chi connectivity index (χ1) is 9.72. The minimum atomic E-state index is 0.318. The SMILES string of the molecule is CCCN(CC)CCNC(C)c1ccccc1OCC. The Morgan fingerprint density at radius 3 is 2.55 bits per heavy atom.